The van der Waals surface area contributed by atoms with Gasteiger partial charge in [0.25, 0.3) is 11.5 Å². The van der Waals surface area contributed by atoms with Crippen LogP contribution in [-0.4, -0.2) is 36.4 Å². The van der Waals surface area contributed by atoms with Gasteiger partial charge < -0.3 is 9.64 Å². The van der Waals surface area contributed by atoms with Gasteiger partial charge in [-0.2, -0.15) is 0 Å². The first-order valence-electron chi connectivity index (χ1n) is 11.1. The van der Waals surface area contributed by atoms with Crippen LogP contribution >= 0.6 is 23.1 Å². The Hall–Kier alpha value is -3.43. The van der Waals surface area contributed by atoms with Gasteiger partial charge in [-0.3, -0.25) is 14.2 Å². The molecule has 0 unspecified atom stereocenters. The molecular weight excluding hydrogens is 482 g/mol. The number of fused-ring (bicyclic) bond motifs is 2. The third-order valence-electron chi connectivity index (χ3n) is 6.20. The van der Waals surface area contributed by atoms with E-state index < -0.39 is 12.0 Å². The summed E-state index contributed by atoms with van der Waals surface area (Å²) in [5, 5.41) is 0. The quantitative estimate of drug-likeness (QED) is 0.402. The Morgan fingerprint density at radius 3 is 2.54 bits per heavy atom. The van der Waals surface area contributed by atoms with E-state index in [1.54, 1.807) is 37.6 Å². The Kier molecular flexibility index (Phi) is 5.98. The first-order chi connectivity index (χ1) is 16.9. The van der Waals surface area contributed by atoms with Gasteiger partial charge >= 0.3 is 5.97 Å². The number of hydrogen-bond acceptors (Lipinski definition) is 7. The second-order valence-electron chi connectivity index (χ2n) is 8.15. The number of carbonyl (C=O) groups is 2. The molecule has 35 heavy (non-hydrogen) atoms. The van der Waals surface area contributed by atoms with Crippen LogP contribution in [0.5, 0.6) is 0 Å². The van der Waals surface area contributed by atoms with Gasteiger partial charge in [0, 0.05) is 17.5 Å². The van der Waals surface area contributed by atoms with Gasteiger partial charge in [-0.15, -0.1) is 11.8 Å². The zero-order valence-corrected chi connectivity index (χ0v) is 21.3. The van der Waals surface area contributed by atoms with E-state index in [1.807, 2.05) is 54.8 Å². The summed E-state index contributed by atoms with van der Waals surface area (Å²) in [4.78, 5) is 47.9. The minimum absolute atomic E-state index is 0.208. The molecule has 0 spiro atoms. The standard InChI is InChI=1S/C26H23N3O4S2/c1-5-33-25(32)19-14(2)27-26-29(21(19)15-10-12-16(34-4)13-11-15)24(31)22(35-26)20-17-8-6-7-9-18(17)28(3)23(20)30/h6-13,21H,5H2,1-4H3/b22-20-/t21-/m0/s1. The maximum Gasteiger partial charge on any atom is 0.338 e. The number of esters is 1. The molecule has 2 aliphatic rings. The Bertz CT molecular complexity index is 1580. The second-order valence-corrected chi connectivity index (χ2v) is 10.0. The van der Waals surface area contributed by atoms with Crippen LogP contribution in [0.1, 0.15) is 31.0 Å². The number of aromatic nitrogens is 1. The minimum Gasteiger partial charge on any atom is -0.463 e. The predicted octanol–water partition coefficient (Wildman–Crippen LogP) is 2.87. The number of thioether (sulfide) groups is 1. The van der Waals surface area contributed by atoms with E-state index >= 15 is 0 Å². The fraction of sp³-hybridized carbons (Fsp3) is 0.231. The maximum absolute atomic E-state index is 13.9. The summed E-state index contributed by atoms with van der Waals surface area (Å²) in [5.41, 5.74) is 3.07. The molecule has 2 aromatic carbocycles. The molecule has 5 rings (SSSR count). The first-order valence-corrected chi connectivity index (χ1v) is 13.1. The van der Waals surface area contributed by atoms with E-state index in [4.69, 9.17) is 4.74 Å². The van der Waals surface area contributed by atoms with Crippen molar-refractivity contribution in [3.05, 3.63) is 90.6 Å². The number of nitrogens with zero attached hydrogens (tertiary/aromatic N) is 3. The van der Waals surface area contributed by atoms with Gasteiger partial charge in [0.1, 0.15) is 4.53 Å². The predicted molar refractivity (Wildman–Crippen MR) is 137 cm³/mol. The van der Waals surface area contributed by atoms with E-state index in [0.29, 0.717) is 31.7 Å². The van der Waals surface area contributed by atoms with Crippen molar-refractivity contribution in [2.75, 3.05) is 24.8 Å². The lowest BCUT2D eigenvalue weighted by Crippen LogP contribution is -2.40. The molecule has 0 saturated carbocycles. The average molecular weight is 506 g/mol. The van der Waals surface area contributed by atoms with Gasteiger partial charge in [0.05, 0.1) is 35.2 Å². The van der Waals surface area contributed by atoms with Crippen molar-refractivity contribution in [1.82, 2.24) is 4.57 Å². The number of ether oxygens (including phenoxy) is 1. The van der Waals surface area contributed by atoms with Crippen LogP contribution in [0.3, 0.4) is 0 Å². The number of allylic oxidation sites excluding steroid dienone is 1. The number of amides is 1. The number of para-hydroxylation sites is 1. The largest absolute Gasteiger partial charge is 0.463 e. The van der Waals surface area contributed by atoms with Crippen LogP contribution in [0.4, 0.5) is 5.69 Å². The van der Waals surface area contributed by atoms with E-state index in [-0.39, 0.29) is 18.1 Å². The molecule has 9 heteroatoms. The molecule has 0 saturated heterocycles. The highest BCUT2D eigenvalue weighted by Crippen LogP contribution is 2.35. The van der Waals surface area contributed by atoms with Crippen LogP contribution < -0.4 is 19.8 Å². The Labute approximate surface area is 210 Å². The fourth-order valence-corrected chi connectivity index (χ4v) is 6.08. The summed E-state index contributed by atoms with van der Waals surface area (Å²) < 4.78 is 7.19. The van der Waals surface area contributed by atoms with Gasteiger partial charge in [-0.05, 0) is 43.9 Å². The molecule has 3 aromatic rings. The van der Waals surface area contributed by atoms with Crippen molar-refractivity contribution in [3.8, 4) is 0 Å². The summed E-state index contributed by atoms with van der Waals surface area (Å²) >= 11 is 2.78. The molecule has 0 N–H and O–H groups in total. The number of benzene rings is 2. The van der Waals surface area contributed by atoms with Crippen molar-refractivity contribution in [1.29, 1.82) is 0 Å². The third-order valence-corrected chi connectivity index (χ3v) is 8.00. The van der Waals surface area contributed by atoms with E-state index in [9.17, 15) is 14.4 Å². The van der Waals surface area contributed by atoms with Crippen molar-refractivity contribution in [2.45, 2.75) is 24.8 Å². The molecule has 0 fully saturated rings. The molecule has 1 amide bonds. The van der Waals surface area contributed by atoms with Gasteiger partial charge in [-0.25, -0.2) is 9.79 Å². The number of likely N-dealkylation sites (N-methyl/N-ethyl adjacent to an activating group) is 1. The molecule has 0 bridgehead atoms. The van der Waals surface area contributed by atoms with Crippen LogP contribution in [0.15, 0.2) is 74.5 Å². The SMILES string of the molecule is CCOC(=O)C1=C(C)N=c2s/c(=C3\C(=O)N(C)c4ccccc43)c(=O)n2[C@H]1c1ccc(SC)cc1. The van der Waals surface area contributed by atoms with Gasteiger partial charge in [0.15, 0.2) is 4.80 Å². The zero-order chi connectivity index (χ0) is 24.9. The third kappa shape index (κ3) is 3.66. The lowest BCUT2D eigenvalue weighted by atomic mass is 9.96. The first kappa shape index (κ1) is 23.3. The van der Waals surface area contributed by atoms with E-state index in [1.165, 1.54) is 15.9 Å². The Balaban J connectivity index is 1.81. The maximum atomic E-state index is 13.9. The molecule has 2 aliphatic heterocycles. The molecule has 0 radical (unpaired) electrons. The molecule has 3 heterocycles. The Morgan fingerprint density at radius 2 is 1.86 bits per heavy atom. The number of thiazole rings is 1. The Morgan fingerprint density at radius 1 is 1.14 bits per heavy atom. The summed E-state index contributed by atoms with van der Waals surface area (Å²) in [6.45, 7) is 3.70. The van der Waals surface area contributed by atoms with Gasteiger partial charge in [0.2, 0.25) is 0 Å². The minimum atomic E-state index is -0.708. The monoisotopic (exact) mass is 505 g/mol. The highest BCUT2D eigenvalue weighted by molar-refractivity contribution is 7.98. The molecular formula is C26H23N3O4S2. The summed E-state index contributed by atoms with van der Waals surface area (Å²) in [6.07, 6.45) is 1.99. The molecule has 178 valence electrons. The van der Waals surface area contributed by atoms with Crippen molar-refractivity contribution in [3.63, 3.8) is 0 Å². The highest BCUT2D eigenvalue weighted by Gasteiger charge is 2.36. The summed E-state index contributed by atoms with van der Waals surface area (Å²) in [5.74, 6) is -0.744. The van der Waals surface area contributed by atoms with Crippen LogP contribution in [0, 0.1) is 0 Å². The highest BCUT2D eigenvalue weighted by atomic mass is 32.2. The van der Waals surface area contributed by atoms with Crippen molar-refractivity contribution < 1.29 is 14.3 Å². The smallest absolute Gasteiger partial charge is 0.338 e. The summed E-state index contributed by atoms with van der Waals surface area (Å²) in [6, 6.07) is 14.5. The van der Waals surface area contributed by atoms with Crippen LogP contribution in [-0.2, 0) is 14.3 Å². The number of hydrogen-bond donors (Lipinski definition) is 0. The van der Waals surface area contributed by atoms with Crippen molar-refractivity contribution in [2.24, 2.45) is 4.99 Å². The summed E-state index contributed by atoms with van der Waals surface area (Å²) in [7, 11) is 1.70. The van der Waals surface area contributed by atoms with Gasteiger partial charge in [-0.1, -0.05) is 41.7 Å². The lowest BCUT2D eigenvalue weighted by molar-refractivity contribution is -0.139. The number of anilines is 1. The molecule has 1 atom stereocenters. The topological polar surface area (TPSA) is 81.0 Å². The average Bonchev–Trinajstić information content (AvgIpc) is 3.31. The van der Waals surface area contributed by atoms with Crippen LogP contribution in [0.25, 0.3) is 5.57 Å². The molecule has 1 aromatic heterocycles. The normalized spacial score (nSPS) is 18.3. The molecule has 7 nitrogen and oxygen atoms in total. The second kappa shape index (κ2) is 8.98. The van der Waals surface area contributed by atoms with E-state index in [0.717, 1.165) is 16.1 Å². The van der Waals surface area contributed by atoms with Crippen molar-refractivity contribution >= 4 is 46.2 Å². The lowest BCUT2D eigenvalue weighted by Gasteiger charge is -2.24. The van der Waals surface area contributed by atoms with E-state index in [2.05, 4.69) is 4.99 Å². The van der Waals surface area contributed by atoms with Crippen LogP contribution in [0.2, 0.25) is 0 Å². The zero-order valence-electron chi connectivity index (χ0n) is 19.7. The number of rotatable bonds is 4. The molecule has 0 aliphatic carbocycles. The fourth-order valence-electron chi connectivity index (χ4n) is 4.53. The number of carbonyl (C=O) groups excluding carboxylic acids is 2.